The van der Waals surface area contributed by atoms with Crippen LogP contribution in [0.2, 0.25) is 0 Å². The van der Waals surface area contributed by atoms with Gasteiger partial charge in [-0.1, -0.05) is 221 Å². The zero-order valence-corrected chi connectivity index (χ0v) is 45.0. The number of rotatable bonds is 51. The van der Waals surface area contributed by atoms with Crippen LogP contribution in [0.25, 0.3) is 0 Å². The molecule has 0 aliphatic heterocycles. The minimum absolute atomic E-state index is 0.0982. The molecule has 6 nitrogen and oxygen atoms in total. The first-order chi connectivity index (χ1) is 34.0. The molecule has 0 aliphatic carbocycles. The summed E-state index contributed by atoms with van der Waals surface area (Å²) in [5.74, 6) is -0.946. The van der Waals surface area contributed by atoms with Crippen molar-refractivity contribution in [1.82, 2.24) is 0 Å². The monoisotopic (exact) mass is 959 g/mol. The van der Waals surface area contributed by atoms with Crippen molar-refractivity contribution in [3.05, 3.63) is 97.2 Å². The Hall–Kier alpha value is -3.67. The Kier molecular flexibility index (Phi) is 53.9. The fraction of sp³-hybridized carbons (Fsp3) is 0.698. The quantitative estimate of drug-likeness (QED) is 0.0262. The summed E-state index contributed by atoms with van der Waals surface area (Å²) in [4.78, 5) is 38.2. The third-order valence-electron chi connectivity index (χ3n) is 12.0. The first-order valence-electron chi connectivity index (χ1n) is 28.7. The van der Waals surface area contributed by atoms with Crippen molar-refractivity contribution in [3.8, 4) is 0 Å². The highest BCUT2D eigenvalue weighted by molar-refractivity contribution is 5.71. The lowest BCUT2D eigenvalue weighted by atomic mass is 10.1. The van der Waals surface area contributed by atoms with E-state index in [2.05, 4.69) is 118 Å². The topological polar surface area (TPSA) is 78.9 Å². The van der Waals surface area contributed by atoms with E-state index < -0.39 is 6.10 Å². The zero-order valence-electron chi connectivity index (χ0n) is 45.0. The van der Waals surface area contributed by atoms with Crippen LogP contribution in [0.4, 0.5) is 0 Å². The van der Waals surface area contributed by atoms with Gasteiger partial charge in [-0.05, 0) is 122 Å². The largest absolute Gasteiger partial charge is 0.462 e. The molecule has 0 bridgehead atoms. The van der Waals surface area contributed by atoms with Crippen LogP contribution in [0.15, 0.2) is 97.2 Å². The second-order valence-corrected chi connectivity index (χ2v) is 18.8. The Bertz CT molecular complexity index is 1380. The second kappa shape index (κ2) is 56.9. The predicted molar refractivity (Wildman–Crippen MR) is 297 cm³/mol. The smallest absolute Gasteiger partial charge is 0.306 e. The van der Waals surface area contributed by atoms with E-state index in [0.717, 1.165) is 122 Å². The summed E-state index contributed by atoms with van der Waals surface area (Å²) >= 11 is 0. The molecule has 0 aromatic heterocycles. The van der Waals surface area contributed by atoms with Gasteiger partial charge in [-0.3, -0.25) is 14.4 Å². The molecule has 0 rings (SSSR count). The maximum Gasteiger partial charge on any atom is 0.306 e. The van der Waals surface area contributed by atoms with Gasteiger partial charge in [0.05, 0.1) is 0 Å². The lowest BCUT2D eigenvalue weighted by molar-refractivity contribution is -0.167. The molecule has 0 unspecified atom stereocenters. The van der Waals surface area contributed by atoms with Crippen molar-refractivity contribution in [2.24, 2.45) is 0 Å². The molecule has 0 spiro atoms. The van der Waals surface area contributed by atoms with Gasteiger partial charge in [0.1, 0.15) is 13.2 Å². The summed E-state index contributed by atoms with van der Waals surface area (Å²) in [5.41, 5.74) is 0. The van der Waals surface area contributed by atoms with Crippen LogP contribution in [0.1, 0.15) is 265 Å². The first-order valence-corrected chi connectivity index (χ1v) is 28.7. The van der Waals surface area contributed by atoms with Gasteiger partial charge in [-0.2, -0.15) is 0 Å². The average molecular weight is 960 g/mol. The SMILES string of the molecule is CC/C=C\C/C=C\C/C=C\C/C=C\C/C=C\CCCCCC(=O)O[C@H](COC(=O)CCCCCCC/C=C\C/C=C\CCCCC)COC(=O)CCCCCCCCC/C=C\CCCCCCCC. The van der Waals surface area contributed by atoms with E-state index in [1.54, 1.807) is 0 Å². The highest BCUT2D eigenvalue weighted by atomic mass is 16.6. The van der Waals surface area contributed by atoms with E-state index >= 15 is 0 Å². The lowest BCUT2D eigenvalue weighted by Crippen LogP contribution is -2.30. The average Bonchev–Trinajstić information content (AvgIpc) is 3.35. The number of carbonyl (C=O) groups excluding carboxylic acids is 3. The standard InChI is InChI=1S/C63H106O6/c1-4-7-10-13-16-19-22-25-28-30-31-33-36-39-42-45-48-51-54-57-63(66)69-60(58-67-61(64)55-52-49-46-43-40-37-34-27-24-21-18-15-12-9-6-3)59-68-62(65)56-53-50-47-44-41-38-35-32-29-26-23-20-17-14-11-8-5-2/h7,10,16,18-19,21,25-29,31,33-34,39,42,60H,4-6,8-9,11-15,17,20,22-24,30,32,35-38,40-41,43-59H2,1-3H3/b10-7-,19-16-,21-18-,28-25-,29-26-,33-31-,34-27-,42-39-/t60-/m1/s1. The van der Waals surface area contributed by atoms with Crippen LogP contribution < -0.4 is 0 Å². The maximum atomic E-state index is 12.9. The van der Waals surface area contributed by atoms with Gasteiger partial charge in [0.15, 0.2) is 6.10 Å². The first kappa shape index (κ1) is 65.3. The molecular weight excluding hydrogens is 853 g/mol. The Morgan fingerprint density at radius 2 is 0.565 bits per heavy atom. The fourth-order valence-electron chi connectivity index (χ4n) is 7.73. The third-order valence-corrected chi connectivity index (χ3v) is 12.0. The number of carbonyl (C=O) groups is 3. The number of unbranched alkanes of at least 4 members (excludes halogenated alkanes) is 24. The van der Waals surface area contributed by atoms with E-state index in [0.29, 0.717) is 12.8 Å². The molecule has 0 amide bonds. The van der Waals surface area contributed by atoms with Gasteiger partial charge in [-0.15, -0.1) is 0 Å². The molecule has 0 aromatic rings. The molecular formula is C63H106O6. The minimum atomic E-state index is -0.804. The molecule has 0 fully saturated rings. The maximum absolute atomic E-state index is 12.9. The molecule has 0 aliphatic rings. The zero-order chi connectivity index (χ0) is 50.0. The molecule has 0 saturated carbocycles. The van der Waals surface area contributed by atoms with Crippen molar-refractivity contribution < 1.29 is 28.6 Å². The van der Waals surface area contributed by atoms with Gasteiger partial charge in [-0.25, -0.2) is 0 Å². The normalized spacial score (nSPS) is 12.8. The lowest BCUT2D eigenvalue weighted by Gasteiger charge is -2.18. The highest BCUT2D eigenvalue weighted by Gasteiger charge is 2.19. The molecule has 0 heterocycles. The molecule has 1 atom stereocenters. The summed E-state index contributed by atoms with van der Waals surface area (Å²) in [7, 11) is 0. The Labute approximate surface area is 426 Å². The van der Waals surface area contributed by atoms with E-state index in [1.165, 1.54) is 103 Å². The van der Waals surface area contributed by atoms with E-state index in [9.17, 15) is 14.4 Å². The number of hydrogen-bond donors (Lipinski definition) is 0. The molecule has 0 N–H and O–H groups in total. The molecule has 0 aromatic carbocycles. The Morgan fingerprint density at radius 3 is 0.942 bits per heavy atom. The molecule has 69 heavy (non-hydrogen) atoms. The van der Waals surface area contributed by atoms with Crippen LogP contribution in [0.3, 0.4) is 0 Å². The summed E-state index contributed by atoms with van der Waals surface area (Å²) < 4.78 is 16.8. The fourth-order valence-corrected chi connectivity index (χ4v) is 7.73. The molecule has 394 valence electrons. The van der Waals surface area contributed by atoms with Crippen molar-refractivity contribution in [2.75, 3.05) is 13.2 Å². The van der Waals surface area contributed by atoms with Gasteiger partial charge in [0.2, 0.25) is 0 Å². The van der Waals surface area contributed by atoms with Crippen LogP contribution >= 0.6 is 0 Å². The number of allylic oxidation sites excluding steroid dienone is 16. The molecule has 6 heteroatoms. The van der Waals surface area contributed by atoms with Crippen molar-refractivity contribution in [2.45, 2.75) is 271 Å². The van der Waals surface area contributed by atoms with Gasteiger partial charge in [0.25, 0.3) is 0 Å². The van der Waals surface area contributed by atoms with Crippen LogP contribution in [0, 0.1) is 0 Å². The van der Waals surface area contributed by atoms with E-state index in [-0.39, 0.29) is 37.5 Å². The Balaban J connectivity index is 4.48. The summed E-state index contributed by atoms with van der Waals surface area (Å²) in [6, 6.07) is 0. The second-order valence-electron chi connectivity index (χ2n) is 18.8. The van der Waals surface area contributed by atoms with Crippen LogP contribution in [-0.2, 0) is 28.6 Å². The van der Waals surface area contributed by atoms with Gasteiger partial charge >= 0.3 is 17.9 Å². The summed E-state index contributed by atoms with van der Waals surface area (Å²) in [6.07, 6.45) is 75.3. The van der Waals surface area contributed by atoms with Gasteiger partial charge in [0, 0.05) is 19.3 Å². The highest BCUT2D eigenvalue weighted by Crippen LogP contribution is 2.14. The predicted octanol–water partition coefficient (Wildman–Crippen LogP) is 19.3. The summed E-state index contributed by atoms with van der Waals surface area (Å²) in [5, 5.41) is 0. The minimum Gasteiger partial charge on any atom is -0.462 e. The van der Waals surface area contributed by atoms with E-state index in [1.807, 2.05) is 0 Å². The number of esters is 3. The molecule has 0 radical (unpaired) electrons. The van der Waals surface area contributed by atoms with E-state index in [4.69, 9.17) is 14.2 Å². The number of ether oxygens (including phenoxy) is 3. The van der Waals surface area contributed by atoms with Crippen LogP contribution in [0.5, 0.6) is 0 Å². The van der Waals surface area contributed by atoms with Crippen molar-refractivity contribution >= 4 is 17.9 Å². The summed E-state index contributed by atoms with van der Waals surface area (Å²) in [6.45, 7) is 6.46. The van der Waals surface area contributed by atoms with Crippen molar-refractivity contribution in [1.29, 1.82) is 0 Å². The van der Waals surface area contributed by atoms with Crippen LogP contribution in [-0.4, -0.2) is 37.2 Å². The van der Waals surface area contributed by atoms with Gasteiger partial charge < -0.3 is 14.2 Å². The molecule has 0 saturated heterocycles. The number of hydrogen-bond acceptors (Lipinski definition) is 6. The Morgan fingerprint density at radius 1 is 0.304 bits per heavy atom. The van der Waals surface area contributed by atoms with Crippen molar-refractivity contribution in [3.63, 3.8) is 0 Å². The third kappa shape index (κ3) is 55.1.